The van der Waals surface area contributed by atoms with Crippen molar-refractivity contribution in [2.75, 3.05) is 0 Å². The minimum atomic E-state index is -0.245. The third kappa shape index (κ3) is 7.00. The Kier molecular flexibility index (Phi) is 8.04. The van der Waals surface area contributed by atoms with Crippen LogP contribution in [0, 0.1) is 20.8 Å². The highest BCUT2D eigenvalue weighted by molar-refractivity contribution is 5.30. The van der Waals surface area contributed by atoms with Gasteiger partial charge >= 0.3 is 0 Å². The Morgan fingerprint density at radius 3 is 1.47 bits per heavy atom. The van der Waals surface area contributed by atoms with Crippen LogP contribution in [-0.2, 0) is 12.8 Å². The zero-order valence-electron chi connectivity index (χ0n) is 18.5. The summed E-state index contributed by atoms with van der Waals surface area (Å²) in [4.78, 5) is 0. The average Bonchev–Trinajstić information content (AvgIpc) is 2.77. The summed E-state index contributed by atoms with van der Waals surface area (Å²) >= 11 is 0. The third-order valence-corrected chi connectivity index (χ3v) is 5.79. The second-order valence-electron chi connectivity index (χ2n) is 8.52. The van der Waals surface area contributed by atoms with E-state index in [1.807, 2.05) is 6.08 Å². The van der Waals surface area contributed by atoms with E-state index in [4.69, 9.17) is 0 Å². The molecule has 0 spiro atoms. The minimum Gasteiger partial charge on any atom is -0.389 e. The smallest absolute Gasteiger partial charge is 0.0721 e. The standard InChI is InChI=1S/C21H24O.C8H10/c1-16-2-4-17(5-3-16)6-7-18-8-10-19(11-9-18)20-12-14-21(22)15-13-20;1-7-3-5-8(2)6-4-7/h2-5,8-12,14,20-22H,6-7,13,15H2,1H3;3-6H,1-2H3. The molecule has 0 amide bonds. The average molecular weight is 399 g/mol. The van der Waals surface area contributed by atoms with Crippen molar-refractivity contribution in [1.82, 2.24) is 0 Å². The first-order chi connectivity index (χ1) is 14.5. The monoisotopic (exact) mass is 398 g/mol. The van der Waals surface area contributed by atoms with Crippen LogP contribution in [0.3, 0.4) is 0 Å². The Balaban J connectivity index is 0.000000269. The van der Waals surface area contributed by atoms with Gasteiger partial charge in [0, 0.05) is 5.92 Å². The van der Waals surface area contributed by atoms with E-state index < -0.39 is 0 Å². The maximum atomic E-state index is 9.53. The van der Waals surface area contributed by atoms with Crippen molar-refractivity contribution in [2.24, 2.45) is 0 Å². The van der Waals surface area contributed by atoms with Crippen LogP contribution in [0.15, 0.2) is 84.9 Å². The van der Waals surface area contributed by atoms with E-state index in [1.165, 1.54) is 33.4 Å². The molecule has 1 aliphatic carbocycles. The number of aliphatic hydroxyl groups is 1. The summed E-state index contributed by atoms with van der Waals surface area (Å²) in [5.74, 6) is 0.467. The van der Waals surface area contributed by atoms with Crippen molar-refractivity contribution in [3.8, 4) is 0 Å². The van der Waals surface area contributed by atoms with Gasteiger partial charge in [0.25, 0.3) is 0 Å². The lowest BCUT2D eigenvalue weighted by Crippen LogP contribution is -2.11. The van der Waals surface area contributed by atoms with Crippen molar-refractivity contribution in [2.45, 2.75) is 58.5 Å². The lowest BCUT2D eigenvalue weighted by molar-refractivity contribution is 0.201. The van der Waals surface area contributed by atoms with E-state index in [0.717, 1.165) is 25.7 Å². The SMILES string of the molecule is Cc1ccc(C)cc1.Cc1ccc(CCc2ccc(C3C=CC(O)CC3)cc2)cc1. The van der Waals surface area contributed by atoms with Gasteiger partial charge in [-0.1, -0.05) is 102 Å². The first kappa shape index (κ1) is 22.1. The highest BCUT2D eigenvalue weighted by atomic mass is 16.3. The summed E-state index contributed by atoms with van der Waals surface area (Å²) in [5.41, 5.74) is 8.13. The van der Waals surface area contributed by atoms with E-state index in [2.05, 4.69) is 99.6 Å². The van der Waals surface area contributed by atoms with Crippen LogP contribution >= 0.6 is 0 Å². The lowest BCUT2D eigenvalue weighted by atomic mass is 9.87. The molecule has 4 rings (SSSR count). The summed E-state index contributed by atoms with van der Waals surface area (Å²) in [6, 6.07) is 26.3. The molecular weight excluding hydrogens is 364 g/mol. The zero-order chi connectivity index (χ0) is 21.3. The van der Waals surface area contributed by atoms with Gasteiger partial charge in [-0.15, -0.1) is 0 Å². The second kappa shape index (κ2) is 10.9. The fourth-order valence-electron chi connectivity index (χ4n) is 3.69. The minimum absolute atomic E-state index is 0.245. The number of allylic oxidation sites excluding steroid dienone is 1. The highest BCUT2D eigenvalue weighted by Gasteiger charge is 2.15. The van der Waals surface area contributed by atoms with E-state index in [9.17, 15) is 5.11 Å². The number of hydrogen-bond acceptors (Lipinski definition) is 1. The molecule has 0 aliphatic heterocycles. The Labute approximate surface area is 182 Å². The molecule has 3 aromatic carbocycles. The summed E-state index contributed by atoms with van der Waals surface area (Å²) in [5, 5.41) is 9.53. The number of aliphatic hydroxyl groups excluding tert-OH is 1. The van der Waals surface area contributed by atoms with Gasteiger partial charge in [0.15, 0.2) is 0 Å². The molecule has 0 bridgehead atoms. The van der Waals surface area contributed by atoms with E-state index >= 15 is 0 Å². The van der Waals surface area contributed by atoms with E-state index in [1.54, 1.807) is 0 Å². The topological polar surface area (TPSA) is 20.2 Å². The summed E-state index contributed by atoms with van der Waals surface area (Å²) in [7, 11) is 0. The molecule has 3 aromatic rings. The van der Waals surface area contributed by atoms with E-state index in [0.29, 0.717) is 5.92 Å². The zero-order valence-corrected chi connectivity index (χ0v) is 18.5. The largest absolute Gasteiger partial charge is 0.389 e. The number of benzene rings is 3. The molecule has 30 heavy (non-hydrogen) atoms. The molecule has 0 fully saturated rings. The maximum Gasteiger partial charge on any atom is 0.0721 e. The predicted molar refractivity (Wildman–Crippen MR) is 128 cm³/mol. The lowest BCUT2D eigenvalue weighted by Gasteiger charge is -2.20. The fraction of sp³-hybridized carbons (Fsp3) is 0.310. The van der Waals surface area contributed by atoms with Gasteiger partial charge in [0.1, 0.15) is 0 Å². The molecule has 156 valence electrons. The van der Waals surface area contributed by atoms with Crippen molar-refractivity contribution < 1.29 is 5.11 Å². The van der Waals surface area contributed by atoms with Gasteiger partial charge in [0.2, 0.25) is 0 Å². The fourth-order valence-corrected chi connectivity index (χ4v) is 3.69. The predicted octanol–water partition coefficient (Wildman–Crippen LogP) is 6.88. The first-order valence-electron chi connectivity index (χ1n) is 11.0. The number of rotatable bonds is 4. The quantitative estimate of drug-likeness (QED) is 0.475. The van der Waals surface area contributed by atoms with Gasteiger partial charge in [-0.2, -0.15) is 0 Å². The molecule has 0 radical (unpaired) electrons. The number of hydrogen-bond donors (Lipinski definition) is 1. The Morgan fingerprint density at radius 1 is 0.600 bits per heavy atom. The Morgan fingerprint density at radius 2 is 1.03 bits per heavy atom. The third-order valence-electron chi connectivity index (χ3n) is 5.79. The second-order valence-corrected chi connectivity index (χ2v) is 8.52. The molecular formula is C29H34O. The van der Waals surface area contributed by atoms with Gasteiger partial charge < -0.3 is 5.11 Å². The molecule has 1 nitrogen and oxygen atoms in total. The van der Waals surface area contributed by atoms with Gasteiger partial charge in [-0.3, -0.25) is 0 Å². The molecule has 0 saturated carbocycles. The van der Waals surface area contributed by atoms with Gasteiger partial charge in [-0.25, -0.2) is 0 Å². The number of aryl methyl sites for hydroxylation is 5. The van der Waals surface area contributed by atoms with Gasteiger partial charge in [0.05, 0.1) is 6.10 Å². The first-order valence-corrected chi connectivity index (χ1v) is 11.0. The maximum absolute atomic E-state index is 9.53. The molecule has 1 heteroatoms. The van der Waals surface area contributed by atoms with Crippen LogP contribution in [-0.4, -0.2) is 11.2 Å². The van der Waals surface area contributed by atoms with Gasteiger partial charge in [-0.05, 0) is 63.1 Å². The molecule has 0 heterocycles. The molecule has 0 saturated heterocycles. The molecule has 1 aliphatic rings. The van der Waals surface area contributed by atoms with Crippen molar-refractivity contribution in [1.29, 1.82) is 0 Å². The van der Waals surface area contributed by atoms with E-state index in [-0.39, 0.29) is 6.10 Å². The summed E-state index contributed by atoms with van der Waals surface area (Å²) < 4.78 is 0. The molecule has 2 unspecified atom stereocenters. The van der Waals surface area contributed by atoms with Crippen LogP contribution < -0.4 is 0 Å². The van der Waals surface area contributed by atoms with Crippen LogP contribution in [0.2, 0.25) is 0 Å². The normalized spacial score (nSPS) is 17.9. The van der Waals surface area contributed by atoms with Crippen LogP contribution in [0.5, 0.6) is 0 Å². The van der Waals surface area contributed by atoms with Crippen molar-refractivity contribution >= 4 is 0 Å². The Hall–Kier alpha value is -2.64. The molecule has 1 N–H and O–H groups in total. The molecule has 2 atom stereocenters. The van der Waals surface area contributed by atoms with Crippen LogP contribution in [0.1, 0.15) is 52.1 Å². The Bertz CT molecular complexity index is 897. The summed E-state index contributed by atoms with van der Waals surface area (Å²) in [6.45, 7) is 6.32. The van der Waals surface area contributed by atoms with Crippen molar-refractivity contribution in [3.05, 3.63) is 118 Å². The highest BCUT2D eigenvalue weighted by Crippen LogP contribution is 2.28. The van der Waals surface area contributed by atoms with Crippen LogP contribution in [0.4, 0.5) is 0 Å². The summed E-state index contributed by atoms with van der Waals surface area (Å²) in [6.07, 6.45) is 7.92. The van der Waals surface area contributed by atoms with Crippen LogP contribution in [0.25, 0.3) is 0 Å². The van der Waals surface area contributed by atoms with Crippen molar-refractivity contribution in [3.63, 3.8) is 0 Å². The molecule has 0 aromatic heterocycles.